The van der Waals surface area contributed by atoms with Crippen LogP contribution in [0.25, 0.3) is 0 Å². The Morgan fingerprint density at radius 3 is 2.38 bits per heavy atom. The Kier molecular flexibility index (Phi) is 3.05. The highest BCUT2D eigenvalue weighted by Crippen LogP contribution is 2.23. The number of hydrogen-bond acceptors (Lipinski definition) is 5. The van der Waals surface area contributed by atoms with E-state index >= 15 is 0 Å². The molecule has 13 heavy (non-hydrogen) atoms. The summed E-state index contributed by atoms with van der Waals surface area (Å²) >= 11 is 0. The number of hydrogen-bond donors (Lipinski definition) is 2. The molecule has 0 aliphatic heterocycles. The van der Waals surface area contributed by atoms with E-state index in [1.807, 2.05) is 0 Å². The number of aliphatic hydroxyl groups excluding tert-OH is 1. The van der Waals surface area contributed by atoms with E-state index in [0.717, 1.165) is 0 Å². The van der Waals surface area contributed by atoms with Crippen molar-refractivity contribution in [2.24, 2.45) is 0 Å². The number of rotatable bonds is 3. The van der Waals surface area contributed by atoms with Gasteiger partial charge >= 0.3 is 0 Å². The molecule has 0 spiro atoms. The normalized spacial score (nSPS) is 10.2. The lowest BCUT2D eigenvalue weighted by molar-refractivity contribution is -0.0443. The fourth-order valence-corrected chi connectivity index (χ4v) is 0.908. The quantitative estimate of drug-likeness (QED) is 0.652. The van der Waals surface area contributed by atoms with Gasteiger partial charge in [0.25, 0.3) is 0 Å². The molecule has 1 heterocycles. The van der Waals surface area contributed by atoms with Crippen LogP contribution in [0.3, 0.4) is 0 Å². The Morgan fingerprint density at radius 1 is 1.23 bits per heavy atom. The number of aliphatic hydroxyl groups is 2. The zero-order valence-electron chi connectivity index (χ0n) is 7.39. The summed E-state index contributed by atoms with van der Waals surface area (Å²) < 4.78 is 9.68. The summed E-state index contributed by atoms with van der Waals surface area (Å²) in [6.45, 7) is 0. The number of aromatic nitrogens is 1. The Labute approximate surface area is 75.6 Å². The van der Waals surface area contributed by atoms with Crippen molar-refractivity contribution in [1.82, 2.24) is 4.98 Å². The maximum atomic E-state index is 8.89. The van der Waals surface area contributed by atoms with Crippen molar-refractivity contribution in [2.45, 2.75) is 6.29 Å². The van der Waals surface area contributed by atoms with Gasteiger partial charge in [0.05, 0.1) is 19.8 Å². The first-order chi connectivity index (χ1) is 6.19. The van der Waals surface area contributed by atoms with Crippen molar-refractivity contribution in [3.8, 4) is 11.8 Å². The number of ether oxygens (including phenoxy) is 2. The minimum atomic E-state index is -1.59. The molecule has 0 aliphatic rings. The first-order valence-corrected chi connectivity index (χ1v) is 3.64. The third-order valence-corrected chi connectivity index (χ3v) is 1.54. The van der Waals surface area contributed by atoms with Gasteiger partial charge in [-0.2, -0.15) is 4.98 Å². The molecule has 5 nitrogen and oxygen atoms in total. The Bertz CT molecular complexity index is 287. The van der Waals surface area contributed by atoms with E-state index < -0.39 is 6.29 Å². The number of nitrogens with zero attached hydrogens (tertiary/aromatic N) is 1. The summed E-state index contributed by atoms with van der Waals surface area (Å²) in [6, 6.07) is 3.01. The molecule has 0 saturated carbocycles. The fraction of sp³-hybridized carbons (Fsp3) is 0.375. The molecule has 5 heteroatoms. The molecule has 0 unspecified atom stereocenters. The average Bonchev–Trinajstić information content (AvgIpc) is 2.16. The largest absolute Gasteiger partial charge is 0.481 e. The Hall–Kier alpha value is -1.33. The van der Waals surface area contributed by atoms with Crippen LogP contribution in [0.5, 0.6) is 11.8 Å². The summed E-state index contributed by atoms with van der Waals surface area (Å²) in [5, 5.41) is 17.8. The molecule has 1 rings (SSSR count). The molecule has 0 radical (unpaired) electrons. The van der Waals surface area contributed by atoms with Gasteiger partial charge in [-0.1, -0.05) is 0 Å². The van der Waals surface area contributed by atoms with Crippen molar-refractivity contribution >= 4 is 0 Å². The minimum Gasteiger partial charge on any atom is -0.481 e. The van der Waals surface area contributed by atoms with E-state index in [0.29, 0.717) is 5.88 Å². The minimum absolute atomic E-state index is 0.148. The van der Waals surface area contributed by atoms with Gasteiger partial charge in [0.2, 0.25) is 11.8 Å². The van der Waals surface area contributed by atoms with E-state index in [2.05, 4.69) is 4.98 Å². The Morgan fingerprint density at radius 2 is 1.92 bits per heavy atom. The van der Waals surface area contributed by atoms with Crippen LogP contribution in [0.15, 0.2) is 12.1 Å². The summed E-state index contributed by atoms with van der Waals surface area (Å²) in [6.07, 6.45) is -1.59. The SMILES string of the molecule is COc1ccc(C(O)O)c(OC)n1. The average molecular weight is 185 g/mol. The van der Waals surface area contributed by atoms with Gasteiger partial charge in [0.1, 0.15) is 0 Å². The summed E-state index contributed by atoms with van der Waals surface area (Å²) in [5.41, 5.74) is 0.211. The molecule has 0 aromatic carbocycles. The first kappa shape index (κ1) is 9.76. The van der Waals surface area contributed by atoms with Crippen molar-refractivity contribution in [3.63, 3.8) is 0 Å². The summed E-state index contributed by atoms with van der Waals surface area (Å²) in [4.78, 5) is 3.87. The summed E-state index contributed by atoms with van der Waals surface area (Å²) in [5.74, 6) is 0.510. The second-order valence-electron chi connectivity index (χ2n) is 2.33. The van der Waals surface area contributed by atoms with Crippen molar-refractivity contribution in [1.29, 1.82) is 0 Å². The molecule has 1 aromatic heterocycles. The maximum absolute atomic E-state index is 8.89. The second-order valence-corrected chi connectivity index (χ2v) is 2.33. The molecule has 0 saturated heterocycles. The van der Waals surface area contributed by atoms with Crippen LogP contribution in [0.1, 0.15) is 11.9 Å². The third-order valence-electron chi connectivity index (χ3n) is 1.54. The molecule has 0 fully saturated rings. The molecule has 0 aliphatic carbocycles. The van der Waals surface area contributed by atoms with Crippen LogP contribution >= 0.6 is 0 Å². The van der Waals surface area contributed by atoms with Gasteiger partial charge in [-0.25, -0.2) is 0 Å². The monoisotopic (exact) mass is 185 g/mol. The van der Waals surface area contributed by atoms with Crippen LogP contribution in [-0.2, 0) is 0 Å². The van der Waals surface area contributed by atoms with Crippen molar-refractivity contribution in [3.05, 3.63) is 17.7 Å². The lowest BCUT2D eigenvalue weighted by atomic mass is 10.2. The first-order valence-electron chi connectivity index (χ1n) is 3.64. The third kappa shape index (κ3) is 2.07. The van der Waals surface area contributed by atoms with Crippen LogP contribution in [0.2, 0.25) is 0 Å². The van der Waals surface area contributed by atoms with E-state index in [4.69, 9.17) is 19.7 Å². The lowest BCUT2D eigenvalue weighted by Gasteiger charge is -2.09. The predicted octanol–water partition coefficient (Wildman–Crippen LogP) is 0.0820. The van der Waals surface area contributed by atoms with Crippen LogP contribution in [0.4, 0.5) is 0 Å². The zero-order valence-corrected chi connectivity index (χ0v) is 7.39. The molecular formula is C8H11NO4. The van der Waals surface area contributed by atoms with Gasteiger partial charge in [0.15, 0.2) is 6.29 Å². The standard InChI is InChI=1S/C8H11NO4/c1-12-6-4-3-5(8(10)11)7(9-6)13-2/h3-4,8,10-11H,1-2H3. The lowest BCUT2D eigenvalue weighted by Crippen LogP contribution is -2.01. The zero-order chi connectivity index (χ0) is 9.84. The van der Waals surface area contributed by atoms with E-state index in [-0.39, 0.29) is 11.4 Å². The molecule has 1 aromatic rings. The Balaban J connectivity index is 3.08. The molecule has 0 atom stereocenters. The second kappa shape index (κ2) is 4.06. The predicted molar refractivity (Wildman–Crippen MR) is 44.5 cm³/mol. The van der Waals surface area contributed by atoms with E-state index in [1.54, 1.807) is 0 Å². The van der Waals surface area contributed by atoms with Crippen molar-refractivity contribution in [2.75, 3.05) is 14.2 Å². The fourth-order valence-electron chi connectivity index (χ4n) is 0.908. The van der Waals surface area contributed by atoms with E-state index in [9.17, 15) is 0 Å². The van der Waals surface area contributed by atoms with Gasteiger partial charge in [-0.05, 0) is 6.07 Å². The number of pyridine rings is 1. The van der Waals surface area contributed by atoms with Gasteiger partial charge in [-0.3, -0.25) is 0 Å². The van der Waals surface area contributed by atoms with Crippen molar-refractivity contribution < 1.29 is 19.7 Å². The van der Waals surface area contributed by atoms with Gasteiger partial charge < -0.3 is 19.7 Å². The van der Waals surface area contributed by atoms with Gasteiger partial charge in [-0.15, -0.1) is 0 Å². The van der Waals surface area contributed by atoms with Crippen LogP contribution < -0.4 is 9.47 Å². The number of methoxy groups -OCH3 is 2. The highest BCUT2D eigenvalue weighted by atomic mass is 16.5. The van der Waals surface area contributed by atoms with Crippen LogP contribution in [-0.4, -0.2) is 29.4 Å². The molecule has 72 valence electrons. The smallest absolute Gasteiger partial charge is 0.224 e. The van der Waals surface area contributed by atoms with Gasteiger partial charge in [0, 0.05) is 6.07 Å². The molecular weight excluding hydrogens is 174 g/mol. The highest BCUT2D eigenvalue weighted by molar-refractivity contribution is 5.31. The topological polar surface area (TPSA) is 71.8 Å². The van der Waals surface area contributed by atoms with E-state index in [1.165, 1.54) is 26.4 Å². The highest BCUT2D eigenvalue weighted by Gasteiger charge is 2.12. The molecule has 2 N–H and O–H groups in total. The molecule has 0 bridgehead atoms. The molecule has 0 amide bonds. The maximum Gasteiger partial charge on any atom is 0.224 e. The van der Waals surface area contributed by atoms with Crippen LogP contribution in [0, 0.1) is 0 Å². The summed E-state index contributed by atoms with van der Waals surface area (Å²) in [7, 11) is 2.87.